The third kappa shape index (κ3) is 3.32. The summed E-state index contributed by atoms with van der Waals surface area (Å²) in [4.78, 5) is 16.5. The van der Waals surface area contributed by atoms with Crippen molar-refractivity contribution in [3.05, 3.63) is 29.6 Å². The highest BCUT2D eigenvalue weighted by atomic mass is 16.1. The lowest BCUT2D eigenvalue weighted by Gasteiger charge is -2.17. The lowest BCUT2D eigenvalue weighted by Crippen LogP contribution is -2.35. The van der Waals surface area contributed by atoms with Crippen molar-refractivity contribution in [2.45, 2.75) is 39.2 Å². The molecule has 0 spiro atoms. The standard InChI is InChI=1S/C15H23N3O/c1-2-11-6-4-8-17-14(11)10-18-15(19)13-7-3-5-12(13)9-16/h4,6,8,12-13H,2-3,5,7,9-10,16H2,1H3,(H,18,19). The Morgan fingerprint density at radius 1 is 1.53 bits per heavy atom. The lowest BCUT2D eigenvalue weighted by atomic mass is 9.95. The summed E-state index contributed by atoms with van der Waals surface area (Å²) in [6, 6.07) is 4.00. The van der Waals surface area contributed by atoms with Crippen molar-refractivity contribution in [1.29, 1.82) is 0 Å². The Morgan fingerprint density at radius 3 is 3.11 bits per heavy atom. The summed E-state index contributed by atoms with van der Waals surface area (Å²) >= 11 is 0. The molecule has 0 radical (unpaired) electrons. The number of nitrogens with two attached hydrogens (primary N) is 1. The van der Waals surface area contributed by atoms with Gasteiger partial charge in [-0.05, 0) is 43.4 Å². The number of aryl methyl sites for hydroxylation is 1. The minimum atomic E-state index is 0.0961. The van der Waals surface area contributed by atoms with Crippen molar-refractivity contribution in [2.24, 2.45) is 17.6 Å². The molecule has 1 fully saturated rings. The van der Waals surface area contributed by atoms with E-state index >= 15 is 0 Å². The fraction of sp³-hybridized carbons (Fsp3) is 0.600. The van der Waals surface area contributed by atoms with Crippen LogP contribution in [0.4, 0.5) is 0 Å². The van der Waals surface area contributed by atoms with E-state index in [0.717, 1.165) is 31.4 Å². The summed E-state index contributed by atoms with van der Waals surface area (Å²) in [7, 11) is 0. The minimum absolute atomic E-state index is 0.0961. The lowest BCUT2D eigenvalue weighted by molar-refractivity contribution is -0.126. The summed E-state index contributed by atoms with van der Waals surface area (Å²) in [5.41, 5.74) is 7.89. The molecular weight excluding hydrogens is 238 g/mol. The maximum atomic E-state index is 12.2. The molecule has 4 nitrogen and oxygen atoms in total. The summed E-state index contributed by atoms with van der Waals surface area (Å²) in [5, 5.41) is 3.02. The van der Waals surface area contributed by atoms with Crippen molar-refractivity contribution in [3.63, 3.8) is 0 Å². The largest absolute Gasteiger partial charge is 0.350 e. The van der Waals surface area contributed by atoms with E-state index in [-0.39, 0.29) is 11.8 Å². The van der Waals surface area contributed by atoms with Gasteiger partial charge in [-0.15, -0.1) is 0 Å². The molecule has 3 N–H and O–H groups in total. The Morgan fingerprint density at radius 2 is 2.37 bits per heavy atom. The number of hydrogen-bond acceptors (Lipinski definition) is 3. The van der Waals surface area contributed by atoms with Gasteiger partial charge >= 0.3 is 0 Å². The average molecular weight is 261 g/mol. The number of nitrogens with zero attached hydrogens (tertiary/aromatic N) is 1. The van der Waals surface area contributed by atoms with Crippen LogP contribution >= 0.6 is 0 Å². The molecule has 2 rings (SSSR count). The first kappa shape index (κ1) is 14.0. The molecule has 1 heterocycles. The second kappa shape index (κ2) is 6.66. The molecule has 0 bridgehead atoms. The molecular formula is C15H23N3O. The molecule has 1 aromatic heterocycles. The molecule has 1 aliphatic carbocycles. The van der Waals surface area contributed by atoms with Gasteiger partial charge in [0.1, 0.15) is 0 Å². The average Bonchev–Trinajstić information content (AvgIpc) is 2.93. The summed E-state index contributed by atoms with van der Waals surface area (Å²) in [6.45, 7) is 3.24. The van der Waals surface area contributed by atoms with Gasteiger partial charge in [0.25, 0.3) is 0 Å². The van der Waals surface area contributed by atoms with E-state index in [0.29, 0.717) is 19.0 Å². The number of pyridine rings is 1. The predicted octanol–water partition coefficient (Wildman–Crippen LogP) is 1.64. The highest BCUT2D eigenvalue weighted by Gasteiger charge is 2.31. The molecule has 0 aromatic carbocycles. The number of nitrogens with one attached hydrogen (secondary N) is 1. The number of carbonyl (C=O) groups is 1. The summed E-state index contributed by atoms with van der Waals surface area (Å²) in [6.07, 6.45) is 5.88. The zero-order valence-electron chi connectivity index (χ0n) is 11.6. The van der Waals surface area contributed by atoms with Gasteiger partial charge in [-0.2, -0.15) is 0 Å². The summed E-state index contributed by atoms with van der Waals surface area (Å²) < 4.78 is 0. The normalized spacial score (nSPS) is 22.4. The Labute approximate surface area is 114 Å². The monoisotopic (exact) mass is 261 g/mol. The smallest absolute Gasteiger partial charge is 0.223 e. The van der Waals surface area contributed by atoms with Gasteiger partial charge in [0.15, 0.2) is 0 Å². The summed E-state index contributed by atoms with van der Waals surface area (Å²) in [5.74, 6) is 0.592. The zero-order chi connectivity index (χ0) is 13.7. The van der Waals surface area contributed by atoms with Crippen LogP contribution in [0.25, 0.3) is 0 Å². The quantitative estimate of drug-likeness (QED) is 0.846. The first-order chi connectivity index (χ1) is 9.26. The molecule has 2 unspecified atom stereocenters. The number of aromatic nitrogens is 1. The molecule has 0 saturated heterocycles. The number of hydrogen-bond donors (Lipinski definition) is 2. The fourth-order valence-corrected chi connectivity index (χ4v) is 2.92. The van der Waals surface area contributed by atoms with E-state index in [1.54, 1.807) is 6.20 Å². The van der Waals surface area contributed by atoms with Crippen LogP contribution in [0.15, 0.2) is 18.3 Å². The van der Waals surface area contributed by atoms with Gasteiger partial charge in [-0.3, -0.25) is 9.78 Å². The Kier molecular flexibility index (Phi) is 4.91. The van der Waals surface area contributed by atoms with Crippen LogP contribution in [0.2, 0.25) is 0 Å². The number of rotatable bonds is 5. The number of carbonyl (C=O) groups excluding carboxylic acids is 1. The van der Waals surface area contributed by atoms with Crippen LogP contribution in [0.1, 0.15) is 37.4 Å². The molecule has 0 aliphatic heterocycles. The molecule has 2 atom stereocenters. The fourth-order valence-electron chi connectivity index (χ4n) is 2.92. The molecule has 104 valence electrons. The Bertz CT molecular complexity index is 433. The molecule has 4 heteroatoms. The van der Waals surface area contributed by atoms with E-state index in [1.807, 2.05) is 6.07 Å². The third-order valence-corrected chi connectivity index (χ3v) is 4.09. The van der Waals surface area contributed by atoms with E-state index in [4.69, 9.17) is 5.73 Å². The van der Waals surface area contributed by atoms with Crippen LogP contribution in [0.5, 0.6) is 0 Å². The maximum Gasteiger partial charge on any atom is 0.223 e. The minimum Gasteiger partial charge on any atom is -0.350 e. The first-order valence-electron chi connectivity index (χ1n) is 7.16. The van der Waals surface area contributed by atoms with Crippen LogP contribution in [-0.4, -0.2) is 17.4 Å². The van der Waals surface area contributed by atoms with E-state index in [1.165, 1.54) is 5.56 Å². The zero-order valence-corrected chi connectivity index (χ0v) is 11.6. The molecule has 19 heavy (non-hydrogen) atoms. The molecule has 1 amide bonds. The van der Waals surface area contributed by atoms with Crippen LogP contribution < -0.4 is 11.1 Å². The SMILES string of the molecule is CCc1cccnc1CNC(=O)C1CCCC1CN. The van der Waals surface area contributed by atoms with Crippen molar-refractivity contribution < 1.29 is 4.79 Å². The van der Waals surface area contributed by atoms with Crippen LogP contribution in [-0.2, 0) is 17.8 Å². The van der Waals surface area contributed by atoms with Crippen LogP contribution in [0.3, 0.4) is 0 Å². The van der Waals surface area contributed by atoms with Gasteiger partial charge in [0.05, 0.1) is 12.2 Å². The highest BCUT2D eigenvalue weighted by Crippen LogP contribution is 2.30. The molecule has 1 saturated carbocycles. The molecule has 1 aliphatic rings. The Balaban J connectivity index is 1.93. The van der Waals surface area contributed by atoms with Crippen molar-refractivity contribution in [3.8, 4) is 0 Å². The maximum absolute atomic E-state index is 12.2. The van der Waals surface area contributed by atoms with E-state index in [9.17, 15) is 4.79 Å². The highest BCUT2D eigenvalue weighted by molar-refractivity contribution is 5.79. The third-order valence-electron chi connectivity index (χ3n) is 4.09. The van der Waals surface area contributed by atoms with Crippen molar-refractivity contribution >= 4 is 5.91 Å². The van der Waals surface area contributed by atoms with E-state index < -0.39 is 0 Å². The van der Waals surface area contributed by atoms with Gasteiger partial charge in [0.2, 0.25) is 5.91 Å². The second-order valence-electron chi connectivity index (χ2n) is 5.21. The van der Waals surface area contributed by atoms with Gasteiger partial charge < -0.3 is 11.1 Å². The first-order valence-corrected chi connectivity index (χ1v) is 7.16. The van der Waals surface area contributed by atoms with Gasteiger partial charge in [0, 0.05) is 12.1 Å². The van der Waals surface area contributed by atoms with Crippen LogP contribution in [0, 0.1) is 11.8 Å². The molecule has 1 aromatic rings. The number of amides is 1. The second-order valence-corrected chi connectivity index (χ2v) is 5.21. The predicted molar refractivity (Wildman–Crippen MR) is 75.3 cm³/mol. The van der Waals surface area contributed by atoms with Crippen molar-refractivity contribution in [2.75, 3.05) is 6.54 Å². The van der Waals surface area contributed by atoms with Crippen molar-refractivity contribution in [1.82, 2.24) is 10.3 Å². The van der Waals surface area contributed by atoms with Gasteiger partial charge in [-0.1, -0.05) is 19.4 Å². The Hall–Kier alpha value is -1.42. The van der Waals surface area contributed by atoms with E-state index in [2.05, 4.69) is 23.3 Å². The van der Waals surface area contributed by atoms with Gasteiger partial charge in [-0.25, -0.2) is 0 Å². The topological polar surface area (TPSA) is 68.0 Å².